The Bertz CT molecular complexity index is 635. The zero-order chi connectivity index (χ0) is 14.7. The standard InChI is InChI=1S/C15H17FN2O2/c1-10-14(6-7-15(19)20)11(2)18(17-10)9-12-4-3-5-13(16)8-12/h3-5,8H,6-7,9H2,1-2H3,(H,19,20). The Morgan fingerprint density at radius 3 is 2.80 bits per heavy atom. The van der Waals surface area contributed by atoms with Crippen molar-refractivity contribution >= 4 is 5.97 Å². The van der Waals surface area contributed by atoms with E-state index in [1.165, 1.54) is 12.1 Å². The van der Waals surface area contributed by atoms with Crippen molar-refractivity contribution in [2.45, 2.75) is 33.2 Å². The van der Waals surface area contributed by atoms with E-state index in [2.05, 4.69) is 5.10 Å². The first kappa shape index (κ1) is 14.2. The number of carboxylic acids is 1. The average Bonchev–Trinajstić information content (AvgIpc) is 2.62. The predicted molar refractivity (Wildman–Crippen MR) is 73.2 cm³/mol. The number of aromatic nitrogens is 2. The van der Waals surface area contributed by atoms with Crippen LogP contribution in [0.4, 0.5) is 4.39 Å². The summed E-state index contributed by atoms with van der Waals surface area (Å²) in [6, 6.07) is 6.40. The summed E-state index contributed by atoms with van der Waals surface area (Å²) < 4.78 is 15.0. The number of hydrogen-bond donors (Lipinski definition) is 1. The molecule has 106 valence electrons. The highest BCUT2D eigenvalue weighted by Crippen LogP contribution is 2.17. The van der Waals surface area contributed by atoms with Crippen LogP contribution in [0.1, 0.15) is 28.9 Å². The lowest BCUT2D eigenvalue weighted by Crippen LogP contribution is -2.05. The van der Waals surface area contributed by atoms with Gasteiger partial charge in [-0.05, 0) is 43.5 Å². The van der Waals surface area contributed by atoms with E-state index in [-0.39, 0.29) is 12.2 Å². The first-order valence-corrected chi connectivity index (χ1v) is 6.46. The van der Waals surface area contributed by atoms with Crippen LogP contribution in [-0.2, 0) is 17.8 Å². The van der Waals surface area contributed by atoms with Crippen LogP contribution in [0.5, 0.6) is 0 Å². The lowest BCUT2D eigenvalue weighted by atomic mass is 10.1. The van der Waals surface area contributed by atoms with Crippen molar-refractivity contribution in [2.24, 2.45) is 0 Å². The molecule has 0 aliphatic heterocycles. The van der Waals surface area contributed by atoms with E-state index in [4.69, 9.17) is 5.11 Å². The van der Waals surface area contributed by atoms with E-state index in [9.17, 15) is 9.18 Å². The number of rotatable bonds is 5. The van der Waals surface area contributed by atoms with Gasteiger partial charge in [-0.25, -0.2) is 4.39 Å². The van der Waals surface area contributed by atoms with Gasteiger partial charge in [0.25, 0.3) is 0 Å². The molecule has 0 fully saturated rings. The smallest absolute Gasteiger partial charge is 0.303 e. The Morgan fingerprint density at radius 2 is 2.15 bits per heavy atom. The van der Waals surface area contributed by atoms with E-state index in [0.717, 1.165) is 22.5 Å². The van der Waals surface area contributed by atoms with Crippen LogP contribution in [0.3, 0.4) is 0 Å². The second kappa shape index (κ2) is 5.86. The molecular weight excluding hydrogens is 259 g/mol. The normalized spacial score (nSPS) is 10.8. The number of carbonyl (C=O) groups is 1. The highest BCUT2D eigenvalue weighted by Gasteiger charge is 2.13. The third-order valence-electron chi connectivity index (χ3n) is 3.34. The van der Waals surface area contributed by atoms with E-state index >= 15 is 0 Å². The number of hydrogen-bond acceptors (Lipinski definition) is 2. The zero-order valence-electron chi connectivity index (χ0n) is 11.6. The Balaban J connectivity index is 2.21. The van der Waals surface area contributed by atoms with Crippen molar-refractivity contribution < 1.29 is 14.3 Å². The quantitative estimate of drug-likeness (QED) is 0.913. The molecule has 1 heterocycles. The van der Waals surface area contributed by atoms with E-state index in [1.807, 2.05) is 19.9 Å². The van der Waals surface area contributed by atoms with Crippen LogP contribution in [0, 0.1) is 19.7 Å². The summed E-state index contributed by atoms with van der Waals surface area (Å²) in [6.07, 6.45) is 0.559. The molecule has 0 atom stereocenters. The Morgan fingerprint density at radius 1 is 1.40 bits per heavy atom. The molecule has 0 spiro atoms. The Hall–Kier alpha value is -2.17. The van der Waals surface area contributed by atoms with E-state index in [0.29, 0.717) is 13.0 Å². The van der Waals surface area contributed by atoms with Gasteiger partial charge in [0.15, 0.2) is 0 Å². The number of halogens is 1. The van der Waals surface area contributed by atoms with Crippen molar-refractivity contribution in [3.8, 4) is 0 Å². The van der Waals surface area contributed by atoms with Gasteiger partial charge in [-0.3, -0.25) is 9.48 Å². The molecule has 0 aliphatic carbocycles. The van der Waals surface area contributed by atoms with Gasteiger partial charge >= 0.3 is 5.97 Å². The summed E-state index contributed by atoms with van der Waals surface area (Å²) >= 11 is 0. The number of benzene rings is 1. The van der Waals surface area contributed by atoms with Crippen molar-refractivity contribution in [1.29, 1.82) is 0 Å². The summed E-state index contributed by atoms with van der Waals surface area (Å²) in [5, 5.41) is 13.2. The topological polar surface area (TPSA) is 55.1 Å². The van der Waals surface area contributed by atoms with Gasteiger partial charge in [0.2, 0.25) is 0 Å². The Kier molecular flexibility index (Phi) is 4.17. The van der Waals surface area contributed by atoms with E-state index < -0.39 is 5.97 Å². The molecule has 2 aromatic rings. The largest absolute Gasteiger partial charge is 0.481 e. The van der Waals surface area contributed by atoms with Crippen molar-refractivity contribution in [2.75, 3.05) is 0 Å². The molecule has 0 saturated carbocycles. The van der Waals surface area contributed by atoms with Crippen molar-refractivity contribution in [1.82, 2.24) is 9.78 Å². The number of carboxylic acid groups (broad SMARTS) is 1. The van der Waals surface area contributed by atoms with Gasteiger partial charge in [0.1, 0.15) is 5.82 Å². The molecule has 5 heteroatoms. The summed E-state index contributed by atoms with van der Waals surface area (Å²) in [5.74, 6) is -1.09. The van der Waals surface area contributed by atoms with Crippen LogP contribution in [0.25, 0.3) is 0 Å². The average molecular weight is 276 g/mol. The molecule has 0 unspecified atom stereocenters. The van der Waals surface area contributed by atoms with Crippen LogP contribution in [0.2, 0.25) is 0 Å². The maximum Gasteiger partial charge on any atom is 0.303 e. The highest BCUT2D eigenvalue weighted by molar-refractivity contribution is 5.67. The monoisotopic (exact) mass is 276 g/mol. The van der Waals surface area contributed by atoms with Gasteiger partial charge in [-0.15, -0.1) is 0 Å². The number of nitrogens with zero attached hydrogens (tertiary/aromatic N) is 2. The van der Waals surface area contributed by atoms with Gasteiger partial charge in [0, 0.05) is 12.1 Å². The molecule has 0 saturated heterocycles. The van der Waals surface area contributed by atoms with E-state index in [1.54, 1.807) is 10.7 Å². The van der Waals surface area contributed by atoms with Gasteiger partial charge in [-0.1, -0.05) is 12.1 Å². The Labute approximate surface area is 116 Å². The highest BCUT2D eigenvalue weighted by atomic mass is 19.1. The summed E-state index contributed by atoms with van der Waals surface area (Å²) in [7, 11) is 0. The fourth-order valence-electron chi connectivity index (χ4n) is 2.29. The van der Waals surface area contributed by atoms with Crippen LogP contribution >= 0.6 is 0 Å². The second-order valence-electron chi connectivity index (χ2n) is 4.83. The molecule has 1 N–H and O–H groups in total. The number of aliphatic carboxylic acids is 1. The predicted octanol–water partition coefficient (Wildman–Crippen LogP) is 2.70. The summed E-state index contributed by atoms with van der Waals surface area (Å²) in [6.45, 7) is 4.26. The molecule has 0 radical (unpaired) electrons. The minimum Gasteiger partial charge on any atom is -0.481 e. The minimum absolute atomic E-state index is 0.0906. The zero-order valence-corrected chi connectivity index (χ0v) is 11.6. The lowest BCUT2D eigenvalue weighted by Gasteiger charge is -2.05. The molecule has 1 aromatic carbocycles. The van der Waals surface area contributed by atoms with Gasteiger partial charge < -0.3 is 5.11 Å². The third-order valence-corrected chi connectivity index (χ3v) is 3.34. The maximum atomic E-state index is 13.2. The lowest BCUT2D eigenvalue weighted by molar-refractivity contribution is -0.136. The molecule has 4 nitrogen and oxygen atoms in total. The molecule has 2 rings (SSSR count). The molecule has 0 amide bonds. The van der Waals surface area contributed by atoms with Gasteiger partial charge in [0.05, 0.1) is 12.2 Å². The second-order valence-corrected chi connectivity index (χ2v) is 4.83. The number of aryl methyl sites for hydroxylation is 1. The fraction of sp³-hybridized carbons (Fsp3) is 0.333. The first-order valence-electron chi connectivity index (χ1n) is 6.46. The minimum atomic E-state index is -0.818. The van der Waals surface area contributed by atoms with Crippen LogP contribution in [-0.4, -0.2) is 20.9 Å². The molecule has 0 aliphatic rings. The molecule has 1 aromatic heterocycles. The maximum absolute atomic E-state index is 13.2. The first-order chi connectivity index (χ1) is 9.47. The molecule has 20 heavy (non-hydrogen) atoms. The molecule has 0 bridgehead atoms. The van der Waals surface area contributed by atoms with Crippen molar-refractivity contribution in [3.05, 3.63) is 52.6 Å². The van der Waals surface area contributed by atoms with Gasteiger partial charge in [-0.2, -0.15) is 5.10 Å². The molecular formula is C15H17FN2O2. The SMILES string of the molecule is Cc1nn(Cc2cccc(F)c2)c(C)c1CCC(=O)O. The third kappa shape index (κ3) is 3.23. The summed E-state index contributed by atoms with van der Waals surface area (Å²) in [4.78, 5) is 10.7. The summed E-state index contributed by atoms with van der Waals surface area (Å²) in [5.41, 5.74) is 3.57. The van der Waals surface area contributed by atoms with Crippen molar-refractivity contribution in [3.63, 3.8) is 0 Å². The van der Waals surface area contributed by atoms with Crippen LogP contribution < -0.4 is 0 Å². The van der Waals surface area contributed by atoms with Crippen LogP contribution in [0.15, 0.2) is 24.3 Å². The fourth-order valence-corrected chi connectivity index (χ4v) is 2.29.